The fraction of sp³-hybridized carbons (Fsp3) is 0.400. The first-order valence-corrected chi connectivity index (χ1v) is 3.67. The highest BCUT2D eigenvalue weighted by atomic mass is 32.1. The zero-order valence-electron chi connectivity index (χ0n) is 5.38. The van der Waals surface area contributed by atoms with Gasteiger partial charge < -0.3 is 20.4 Å². The van der Waals surface area contributed by atoms with Crippen LogP contribution in [0.3, 0.4) is 0 Å². The number of hydrogen-bond acceptors (Lipinski definition) is 6. The molecule has 6 heteroatoms. The molecule has 0 aliphatic carbocycles. The number of aromatic nitrogens is 1. The van der Waals surface area contributed by atoms with Gasteiger partial charge in [0.05, 0.1) is 0 Å². The molecule has 0 aliphatic rings. The van der Waals surface area contributed by atoms with Crippen LogP contribution in [0, 0.1) is 0 Å². The van der Waals surface area contributed by atoms with Gasteiger partial charge in [-0.05, 0) is 0 Å². The van der Waals surface area contributed by atoms with Crippen molar-refractivity contribution in [3.8, 4) is 0 Å². The van der Waals surface area contributed by atoms with Crippen LogP contribution in [0.25, 0.3) is 0 Å². The van der Waals surface area contributed by atoms with Gasteiger partial charge >= 0.3 is 0 Å². The van der Waals surface area contributed by atoms with E-state index in [1.807, 2.05) is 0 Å². The second kappa shape index (κ2) is 3.24. The molecule has 0 aliphatic heterocycles. The summed E-state index contributed by atoms with van der Waals surface area (Å²) in [5.74, 6) is 0. The first-order valence-electron chi connectivity index (χ1n) is 2.79. The molecule has 62 valence electrons. The Morgan fingerprint density at radius 1 is 1.18 bits per heavy atom. The van der Waals surface area contributed by atoms with Crippen LogP contribution >= 0.6 is 11.3 Å². The van der Waals surface area contributed by atoms with Gasteiger partial charge in [-0.3, -0.25) is 0 Å². The fourth-order valence-corrected chi connectivity index (χ4v) is 1.23. The maximum atomic E-state index is 8.56. The molecule has 0 saturated carbocycles. The lowest BCUT2D eigenvalue weighted by atomic mass is 10.5. The maximum Gasteiger partial charge on any atom is 0.205 e. The van der Waals surface area contributed by atoms with Crippen molar-refractivity contribution in [2.45, 2.75) is 12.6 Å². The Kier molecular flexibility index (Phi) is 2.53. The van der Waals surface area contributed by atoms with Crippen LogP contribution in [0.1, 0.15) is 23.3 Å². The molecule has 1 rings (SSSR count). The van der Waals surface area contributed by atoms with Crippen LogP contribution in [0.2, 0.25) is 0 Å². The van der Waals surface area contributed by atoms with Gasteiger partial charge in [-0.25, -0.2) is 4.98 Å². The molecule has 1 aromatic rings. The lowest BCUT2D eigenvalue weighted by Crippen LogP contribution is -1.98. The number of hydrogen-bond donors (Lipinski definition) is 4. The van der Waals surface area contributed by atoms with Crippen LogP contribution in [0.15, 0.2) is 5.38 Å². The summed E-state index contributed by atoms with van der Waals surface area (Å²) in [5, 5.41) is 35.6. The van der Waals surface area contributed by atoms with Crippen molar-refractivity contribution >= 4 is 11.3 Å². The van der Waals surface area contributed by atoms with Gasteiger partial charge in [0.1, 0.15) is 10.7 Å². The van der Waals surface area contributed by atoms with E-state index in [0.717, 1.165) is 11.3 Å². The minimum Gasteiger partial charge on any atom is -0.363 e. The summed E-state index contributed by atoms with van der Waals surface area (Å²) in [6, 6.07) is 0. The minimum absolute atomic E-state index is 0.0260. The van der Waals surface area contributed by atoms with Gasteiger partial charge in [-0.15, -0.1) is 11.3 Å². The molecular formula is C5H7NO4S. The number of aliphatic hydroxyl groups excluding tert-OH is 2. The van der Waals surface area contributed by atoms with E-state index in [-0.39, 0.29) is 10.7 Å². The van der Waals surface area contributed by atoms with Crippen molar-refractivity contribution < 1.29 is 20.4 Å². The molecule has 0 bridgehead atoms. The molecule has 0 radical (unpaired) electrons. The minimum atomic E-state index is -1.65. The zero-order valence-corrected chi connectivity index (χ0v) is 6.19. The molecule has 0 atom stereocenters. The molecule has 4 N–H and O–H groups in total. The molecule has 0 fully saturated rings. The van der Waals surface area contributed by atoms with Gasteiger partial charge in [0, 0.05) is 5.38 Å². The second-order valence-corrected chi connectivity index (χ2v) is 2.75. The molecular weight excluding hydrogens is 170 g/mol. The van der Waals surface area contributed by atoms with E-state index in [4.69, 9.17) is 20.4 Å². The normalized spacial score (nSPS) is 11.5. The molecule has 0 amide bonds. The van der Waals surface area contributed by atoms with Gasteiger partial charge in [0.2, 0.25) is 6.29 Å². The quantitative estimate of drug-likeness (QED) is 0.440. The molecule has 0 spiro atoms. The van der Waals surface area contributed by atoms with Crippen LogP contribution < -0.4 is 0 Å². The fourth-order valence-electron chi connectivity index (χ4n) is 0.538. The molecule has 1 aromatic heterocycles. The highest BCUT2D eigenvalue weighted by Gasteiger charge is 2.11. The van der Waals surface area contributed by atoms with Gasteiger partial charge in [0.25, 0.3) is 0 Å². The Morgan fingerprint density at radius 2 is 1.82 bits per heavy atom. The maximum absolute atomic E-state index is 8.56. The predicted molar refractivity (Wildman–Crippen MR) is 36.5 cm³/mol. The van der Waals surface area contributed by atoms with Crippen molar-refractivity contribution in [3.05, 3.63) is 16.1 Å². The summed E-state index contributed by atoms with van der Waals surface area (Å²) >= 11 is 0.955. The molecule has 5 nitrogen and oxygen atoms in total. The zero-order chi connectivity index (χ0) is 8.43. The van der Waals surface area contributed by atoms with E-state index in [0.29, 0.717) is 0 Å². The standard InChI is InChI=1S/C5H7NO4S/c7-4(8)2-1-11-3(6-2)5(9)10/h1,4-5,7-10H. The third kappa shape index (κ3) is 1.95. The lowest BCUT2D eigenvalue weighted by molar-refractivity contribution is -0.0510. The highest BCUT2D eigenvalue weighted by Crippen LogP contribution is 2.18. The molecule has 0 saturated heterocycles. The van der Waals surface area contributed by atoms with Gasteiger partial charge in [-0.1, -0.05) is 0 Å². The van der Waals surface area contributed by atoms with Crippen molar-refractivity contribution in [2.24, 2.45) is 0 Å². The average Bonchev–Trinajstić information content (AvgIpc) is 2.33. The Bertz CT molecular complexity index is 212. The number of thiazole rings is 1. The predicted octanol–water partition coefficient (Wildman–Crippen LogP) is -0.891. The second-order valence-electron chi connectivity index (χ2n) is 1.86. The Balaban J connectivity index is 2.82. The summed E-state index contributed by atoms with van der Waals surface area (Å²) in [6.07, 6.45) is -3.30. The SMILES string of the molecule is OC(O)c1csc(C(O)O)n1. The summed E-state index contributed by atoms with van der Waals surface area (Å²) in [6.45, 7) is 0. The Hall–Kier alpha value is -0.530. The first-order chi connectivity index (χ1) is 5.11. The smallest absolute Gasteiger partial charge is 0.205 e. The largest absolute Gasteiger partial charge is 0.363 e. The van der Waals surface area contributed by atoms with Crippen LogP contribution in [0.5, 0.6) is 0 Å². The molecule has 0 unspecified atom stereocenters. The van der Waals surface area contributed by atoms with E-state index in [9.17, 15) is 0 Å². The molecule has 0 aromatic carbocycles. The van der Waals surface area contributed by atoms with Gasteiger partial charge in [0.15, 0.2) is 6.29 Å². The third-order valence-corrected chi connectivity index (χ3v) is 1.93. The van der Waals surface area contributed by atoms with E-state index < -0.39 is 12.6 Å². The lowest BCUT2D eigenvalue weighted by Gasteiger charge is -1.97. The third-order valence-electron chi connectivity index (χ3n) is 1.03. The summed E-state index contributed by atoms with van der Waals surface area (Å²) in [5.41, 5.74) is 0.0260. The van der Waals surface area contributed by atoms with Crippen molar-refractivity contribution in [1.29, 1.82) is 0 Å². The van der Waals surface area contributed by atoms with Crippen molar-refractivity contribution in [3.63, 3.8) is 0 Å². The van der Waals surface area contributed by atoms with Crippen molar-refractivity contribution in [1.82, 2.24) is 4.98 Å². The van der Waals surface area contributed by atoms with Gasteiger partial charge in [-0.2, -0.15) is 0 Å². The summed E-state index contributed by atoms with van der Waals surface area (Å²) < 4.78 is 0. The number of rotatable bonds is 2. The van der Waals surface area contributed by atoms with E-state index in [2.05, 4.69) is 4.98 Å². The monoisotopic (exact) mass is 177 g/mol. The van der Waals surface area contributed by atoms with Crippen LogP contribution in [-0.4, -0.2) is 25.4 Å². The highest BCUT2D eigenvalue weighted by molar-refractivity contribution is 7.09. The Labute approximate surface area is 66.2 Å². The number of nitrogens with zero attached hydrogens (tertiary/aromatic N) is 1. The summed E-state index contributed by atoms with van der Waals surface area (Å²) in [4.78, 5) is 3.53. The van der Waals surface area contributed by atoms with Crippen LogP contribution in [0.4, 0.5) is 0 Å². The van der Waals surface area contributed by atoms with E-state index in [1.165, 1.54) is 5.38 Å². The summed E-state index contributed by atoms with van der Waals surface area (Å²) in [7, 11) is 0. The number of aliphatic hydroxyl groups is 4. The molecule has 1 heterocycles. The molecule has 11 heavy (non-hydrogen) atoms. The Morgan fingerprint density at radius 3 is 2.09 bits per heavy atom. The first kappa shape index (κ1) is 8.57. The topological polar surface area (TPSA) is 93.8 Å². The van der Waals surface area contributed by atoms with Crippen molar-refractivity contribution in [2.75, 3.05) is 0 Å². The van der Waals surface area contributed by atoms with E-state index >= 15 is 0 Å². The van der Waals surface area contributed by atoms with E-state index in [1.54, 1.807) is 0 Å². The average molecular weight is 177 g/mol. The van der Waals surface area contributed by atoms with Crippen LogP contribution in [-0.2, 0) is 0 Å².